The molecular formula is C13H23NO2S. The Labute approximate surface area is 106 Å². The second-order valence-electron chi connectivity index (χ2n) is 5.26. The molecule has 98 valence electrons. The van der Waals surface area contributed by atoms with Gasteiger partial charge in [0, 0.05) is 22.1 Å². The van der Waals surface area contributed by atoms with Crippen molar-refractivity contribution in [3.05, 3.63) is 23.7 Å². The van der Waals surface area contributed by atoms with E-state index in [4.69, 9.17) is 4.42 Å². The van der Waals surface area contributed by atoms with E-state index in [1.165, 1.54) is 0 Å². The largest absolute Gasteiger partial charge is 0.464 e. The van der Waals surface area contributed by atoms with Crippen molar-refractivity contribution in [3.63, 3.8) is 0 Å². The molecule has 0 aromatic carbocycles. The Kier molecular flexibility index (Phi) is 5.40. The van der Waals surface area contributed by atoms with E-state index < -0.39 is 10.8 Å². The van der Waals surface area contributed by atoms with Crippen molar-refractivity contribution in [1.29, 1.82) is 0 Å². The van der Waals surface area contributed by atoms with Crippen LogP contribution in [0.25, 0.3) is 0 Å². The molecule has 17 heavy (non-hydrogen) atoms. The zero-order valence-electron chi connectivity index (χ0n) is 11.2. The monoisotopic (exact) mass is 257 g/mol. The van der Waals surface area contributed by atoms with Gasteiger partial charge >= 0.3 is 0 Å². The summed E-state index contributed by atoms with van der Waals surface area (Å²) in [7, 11) is -0.793. The molecule has 0 saturated carbocycles. The lowest BCUT2D eigenvalue weighted by molar-refractivity contribution is 0.382. The first-order valence-electron chi connectivity index (χ1n) is 6.08. The van der Waals surface area contributed by atoms with Crippen molar-refractivity contribution < 1.29 is 8.63 Å². The van der Waals surface area contributed by atoms with E-state index in [0.717, 1.165) is 23.7 Å². The SMILES string of the molecule is CCCS(=O)Cc1ccc(CNC(C)(C)C)o1. The molecular weight excluding hydrogens is 234 g/mol. The number of hydrogen-bond acceptors (Lipinski definition) is 3. The van der Waals surface area contributed by atoms with E-state index in [1.54, 1.807) is 0 Å². The van der Waals surface area contributed by atoms with E-state index in [0.29, 0.717) is 12.3 Å². The lowest BCUT2D eigenvalue weighted by Gasteiger charge is -2.19. The van der Waals surface area contributed by atoms with Crippen LogP contribution < -0.4 is 5.32 Å². The van der Waals surface area contributed by atoms with Crippen LogP contribution in [0.2, 0.25) is 0 Å². The second kappa shape index (κ2) is 6.36. The van der Waals surface area contributed by atoms with Gasteiger partial charge in [-0.25, -0.2) is 0 Å². The van der Waals surface area contributed by atoms with Gasteiger partial charge in [0.15, 0.2) is 0 Å². The van der Waals surface area contributed by atoms with Crippen molar-refractivity contribution in [2.75, 3.05) is 5.75 Å². The first kappa shape index (κ1) is 14.5. The van der Waals surface area contributed by atoms with Crippen LogP contribution >= 0.6 is 0 Å². The third-order valence-corrected chi connectivity index (χ3v) is 3.72. The van der Waals surface area contributed by atoms with E-state index >= 15 is 0 Å². The van der Waals surface area contributed by atoms with E-state index in [-0.39, 0.29) is 5.54 Å². The first-order valence-corrected chi connectivity index (χ1v) is 7.57. The quantitative estimate of drug-likeness (QED) is 0.852. The Morgan fingerprint density at radius 1 is 1.29 bits per heavy atom. The molecule has 0 aliphatic heterocycles. The Balaban J connectivity index is 2.45. The van der Waals surface area contributed by atoms with Crippen molar-refractivity contribution in [1.82, 2.24) is 5.32 Å². The number of nitrogens with one attached hydrogen (secondary N) is 1. The van der Waals surface area contributed by atoms with Gasteiger partial charge in [-0.15, -0.1) is 0 Å². The van der Waals surface area contributed by atoms with E-state index in [9.17, 15) is 4.21 Å². The summed E-state index contributed by atoms with van der Waals surface area (Å²) in [5, 5.41) is 3.36. The minimum absolute atomic E-state index is 0.0813. The number of furan rings is 1. The maximum Gasteiger partial charge on any atom is 0.118 e. The summed E-state index contributed by atoms with van der Waals surface area (Å²) in [6.07, 6.45) is 0.950. The summed E-state index contributed by atoms with van der Waals surface area (Å²) >= 11 is 0. The maximum atomic E-state index is 11.6. The molecule has 3 nitrogen and oxygen atoms in total. The standard InChI is InChI=1S/C13H23NO2S/c1-5-8-17(15)10-12-7-6-11(16-12)9-14-13(2,3)4/h6-7,14H,5,8-10H2,1-4H3. The first-order chi connectivity index (χ1) is 7.90. The molecule has 1 heterocycles. The van der Waals surface area contributed by atoms with Gasteiger partial charge in [0.2, 0.25) is 0 Å². The molecule has 0 amide bonds. The molecule has 0 aliphatic rings. The molecule has 1 aromatic heterocycles. The third kappa shape index (κ3) is 6.03. The topological polar surface area (TPSA) is 42.2 Å². The van der Waals surface area contributed by atoms with Crippen LogP contribution in [-0.4, -0.2) is 15.5 Å². The zero-order chi connectivity index (χ0) is 12.9. The average Bonchev–Trinajstić information content (AvgIpc) is 2.62. The molecule has 0 radical (unpaired) electrons. The summed E-state index contributed by atoms with van der Waals surface area (Å²) in [5.41, 5.74) is 0.0813. The smallest absolute Gasteiger partial charge is 0.118 e. The highest BCUT2D eigenvalue weighted by atomic mass is 32.2. The van der Waals surface area contributed by atoms with Gasteiger partial charge in [-0.05, 0) is 39.3 Å². The van der Waals surface area contributed by atoms with Gasteiger partial charge in [0.05, 0.1) is 12.3 Å². The van der Waals surface area contributed by atoms with Gasteiger partial charge in [0.25, 0.3) is 0 Å². The summed E-state index contributed by atoms with van der Waals surface area (Å²) < 4.78 is 17.2. The van der Waals surface area contributed by atoms with Crippen molar-refractivity contribution in [2.24, 2.45) is 0 Å². The van der Waals surface area contributed by atoms with Crippen molar-refractivity contribution in [2.45, 2.75) is 52.0 Å². The fourth-order valence-corrected chi connectivity index (χ4v) is 2.48. The number of rotatable bonds is 6. The minimum Gasteiger partial charge on any atom is -0.464 e. The highest BCUT2D eigenvalue weighted by molar-refractivity contribution is 7.84. The van der Waals surface area contributed by atoms with Crippen LogP contribution in [0.1, 0.15) is 45.6 Å². The fraction of sp³-hybridized carbons (Fsp3) is 0.692. The minimum atomic E-state index is -0.793. The fourth-order valence-electron chi connectivity index (χ4n) is 1.41. The van der Waals surface area contributed by atoms with E-state index in [1.807, 2.05) is 19.1 Å². The Bertz CT molecular complexity index is 366. The maximum absolute atomic E-state index is 11.6. The van der Waals surface area contributed by atoms with Gasteiger partial charge < -0.3 is 9.73 Å². The average molecular weight is 257 g/mol. The predicted molar refractivity (Wildman–Crippen MR) is 72.3 cm³/mol. The molecule has 1 aromatic rings. The van der Waals surface area contributed by atoms with Crippen LogP contribution in [0.4, 0.5) is 0 Å². The van der Waals surface area contributed by atoms with Crippen LogP contribution in [0, 0.1) is 0 Å². The second-order valence-corrected chi connectivity index (χ2v) is 6.84. The van der Waals surface area contributed by atoms with Crippen LogP contribution in [0.15, 0.2) is 16.5 Å². The van der Waals surface area contributed by atoms with Gasteiger partial charge in [-0.2, -0.15) is 0 Å². The molecule has 0 aliphatic carbocycles. The Hall–Kier alpha value is -0.610. The molecule has 0 spiro atoms. The lowest BCUT2D eigenvalue weighted by Crippen LogP contribution is -2.34. The van der Waals surface area contributed by atoms with Gasteiger partial charge in [-0.1, -0.05) is 6.92 Å². The molecule has 4 heteroatoms. The lowest BCUT2D eigenvalue weighted by atomic mass is 10.1. The van der Waals surface area contributed by atoms with Crippen molar-refractivity contribution >= 4 is 10.8 Å². The molecule has 1 unspecified atom stereocenters. The van der Waals surface area contributed by atoms with Gasteiger partial charge in [-0.3, -0.25) is 4.21 Å². The van der Waals surface area contributed by atoms with Crippen molar-refractivity contribution in [3.8, 4) is 0 Å². The summed E-state index contributed by atoms with van der Waals surface area (Å²) in [5.74, 6) is 3.01. The molecule has 0 fully saturated rings. The summed E-state index contributed by atoms with van der Waals surface area (Å²) in [6.45, 7) is 9.11. The predicted octanol–water partition coefficient (Wildman–Crippen LogP) is 2.83. The normalized spacial score (nSPS) is 13.9. The highest BCUT2D eigenvalue weighted by Crippen LogP contribution is 2.12. The third-order valence-electron chi connectivity index (χ3n) is 2.25. The molecule has 0 bridgehead atoms. The van der Waals surface area contributed by atoms with E-state index in [2.05, 4.69) is 26.1 Å². The van der Waals surface area contributed by atoms with Gasteiger partial charge in [0.1, 0.15) is 11.5 Å². The summed E-state index contributed by atoms with van der Waals surface area (Å²) in [4.78, 5) is 0. The Morgan fingerprint density at radius 3 is 2.53 bits per heavy atom. The van der Waals surface area contributed by atoms with Crippen LogP contribution in [0.3, 0.4) is 0 Å². The van der Waals surface area contributed by atoms with Crippen LogP contribution in [-0.2, 0) is 23.1 Å². The molecule has 1 rings (SSSR count). The number of hydrogen-bond donors (Lipinski definition) is 1. The Morgan fingerprint density at radius 2 is 1.94 bits per heavy atom. The molecule has 0 saturated heterocycles. The molecule has 1 N–H and O–H groups in total. The van der Waals surface area contributed by atoms with Crippen LogP contribution in [0.5, 0.6) is 0 Å². The summed E-state index contributed by atoms with van der Waals surface area (Å²) in [6, 6.07) is 3.88. The zero-order valence-corrected chi connectivity index (χ0v) is 12.0. The highest BCUT2D eigenvalue weighted by Gasteiger charge is 2.11. The molecule has 1 atom stereocenters.